The first-order valence-electron chi connectivity index (χ1n) is 7.53. The van der Waals surface area contributed by atoms with Gasteiger partial charge in [-0.05, 0) is 41.2 Å². The van der Waals surface area contributed by atoms with E-state index >= 15 is 0 Å². The average molecular weight is 267 g/mol. The largest absolute Gasteiger partial charge is 0.375 e. The van der Waals surface area contributed by atoms with E-state index in [1.165, 1.54) is 28.8 Å². The lowest BCUT2D eigenvalue weighted by molar-refractivity contribution is 0.852. The standard InChI is InChI=1S/C19H25N/c1-5-14-20(4)19-12-10-18(11-13-19)17-8-6-16(7-9-17)15(2)3/h6-13,15H,5,14H2,1-4H3. The van der Waals surface area contributed by atoms with E-state index in [1.807, 2.05) is 0 Å². The highest BCUT2D eigenvalue weighted by atomic mass is 15.1. The molecule has 0 fully saturated rings. The zero-order valence-electron chi connectivity index (χ0n) is 13.1. The number of rotatable bonds is 5. The Morgan fingerprint density at radius 1 is 0.850 bits per heavy atom. The summed E-state index contributed by atoms with van der Waals surface area (Å²) in [4.78, 5) is 2.30. The highest BCUT2D eigenvalue weighted by Gasteiger charge is 2.03. The Morgan fingerprint density at radius 3 is 1.80 bits per heavy atom. The molecule has 1 nitrogen and oxygen atoms in total. The Labute approximate surface area is 123 Å². The first kappa shape index (κ1) is 14.6. The van der Waals surface area contributed by atoms with Crippen molar-refractivity contribution in [3.8, 4) is 11.1 Å². The normalized spacial score (nSPS) is 10.8. The first-order valence-corrected chi connectivity index (χ1v) is 7.53. The van der Waals surface area contributed by atoms with Gasteiger partial charge in [-0.15, -0.1) is 0 Å². The van der Waals surface area contributed by atoms with Gasteiger partial charge in [0.1, 0.15) is 0 Å². The predicted molar refractivity (Wildman–Crippen MR) is 89.5 cm³/mol. The first-order chi connectivity index (χ1) is 9.61. The van der Waals surface area contributed by atoms with E-state index in [0.717, 1.165) is 6.54 Å². The molecule has 0 aromatic heterocycles. The molecule has 0 bridgehead atoms. The van der Waals surface area contributed by atoms with Crippen LogP contribution in [-0.2, 0) is 0 Å². The van der Waals surface area contributed by atoms with Crippen molar-refractivity contribution in [3.63, 3.8) is 0 Å². The van der Waals surface area contributed by atoms with Crippen LogP contribution in [0.4, 0.5) is 5.69 Å². The summed E-state index contributed by atoms with van der Waals surface area (Å²) in [6.07, 6.45) is 1.18. The van der Waals surface area contributed by atoms with Crippen molar-refractivity contribution >= 4 is 5.69 Å². The van der Waals surface area contributed by atoms with Crippen molar-refractivity contribution in [1.82, 2.24) is 0 Å². The molecule has 0 saturated heterocycles. The summed E-state index contributed by atoms with van der Waals surface area (Å²) in [5, 5.41) is 0. The maximum absolute atomic E-state index is 2.30. The minimum absolute atomic E-state index is 0.592. The maximum Gasteiger partial charge on any atom is 0.0364 e. The molecule has 0 spiro atoms. The Morgan fingerprint density at radius 2 is 1.35 bits per heavy atom. The van der Waals surface area contributed by atoms with E-state index in [-0.39, 0.29) is 0 Å². The lowest BCUT2D eigenvalue weighted by atomic mass is 9.99. The van der Waals surface area contributed by atoms with Crippen LogP contribution in [0.5, 0.6) is 0 Å². The van der Waals surface area contributed by atoms with Gasteiger partial charge in [-0.3, -0.25) is 0 Å². The minimum Gasteiger partial charge on any atom is -0.375 e. The summed E-state index contributed by atoms with van der Waals surface area (Å²) < 4.78 is 0. The molecule has 0 radical (unpaired) electrons. The maximum atomic E-state index is 2.30. The molecule has 0 aliphatic rings. The van der Waals surface area contributed by atoms with Gasteiger partial charge in [0, 0.05) is 19.3 Å². The van der Waals surface area contributed by atoms with Crippen LogP contribution in [-0.4, -0.2) is 13.6 Å². The second kappa shape index (κ2) is 6.60. The number of benzene rings is 2. The average Bonchev–Trinajstić information content (AvgIpc) is 2.48. The third-order valence-corrected chi connectivity index (χ3v) is 3.78. The van der Waals surface area contributed by atoms with Gasteiger partial charge in [-0.25, -0.2) is 0 Å². The lowest BCUT2D eigenvalue weighted by Crippen LogP contribution is -2.17. The minimum atomic E-state index is 0.592. The van der Waals surface area contributed by atoms with Crippen molar-refractivity contribution in [1.29, 1.82) is 0 Å². The highest BCUT2D eigenvalue weighted by molar-refractivity contribution is 5.66. The van der Waals surface area contributed by atoms with Gasteiger partial charge in [0.05, 0.1) is 0 Å². The summed E-state index contributed by atoms with van der Waals surface area (Å²) in [5.41, 5.74) is 5.26. The monoisotopic (exact) mass is 267 g/mol. The molecular weight excluding hydrogens is 242 g/mol. The fraction of sp³-hybridized carbons (Fsp3) is 0.368. The Bertz CT molecular complexity index is 523. The zero-order valence-corrected chi connectivity index (χ0v) is 13.1. The summed E-state index contributed by atoms with van der Waals surface area (Å²) in [6.45, 7) is 7.77. The van der Waals surface area contributed by atoms with Crippen LogP contribution < -0.4 is 4.90 Å². The van der Waals surface area contributed by atoms with E-state index in [9.17, 15) is 0 Å². The molecule has 2 rings (SSSR count). The van der Waals surface area contributed by atoms with Gasteiger partial charge in [0.25, 0.3) is 0 Å². The van der Waals surface area contributed by atoms with Crippen LogP contribution >= 0.6 is 0 Å². The summed E-state index contributed by atoms with van der Waals surface area (Å²) in [6, 6.07) is 17.8. The van der Waals surface area contributed by atoms with Crippen LogP contribution in [0.2, 0.25) is 0 Å². The van der Waals surface area contributed by atoms with Gasteiger partial charge >= 0.3 is 0 Å². The van der Waals surface area contributed by atoms with Crippen LogP contribution in [0, 0.1) is 0 Å². The van der Waals surface area contributed by atoms with Gasteiger partial charge in [-0.2, -0.15) is 0 Å². The molecule has 2 aromatic carbocycles. The molecular formula is C19H25N. The fourth-order valence-corrected chi connectivity index (χ4v) is 2.43. The Balaban J connectivity index is 2.17. The van der Waals surface area contributed by atoms with Gasteiger partial charge < -0.3 is 4.90 Å². The lowest BCUT2D eigenvalue weighted by Gasteiger charge is -2.18. The van der Waals surface area contributed by atoms with Crippen LogP contribution in [0.25, 0.3) is 11.1 Å². The fourth-order valence-electron chi connectivity index (χ4n) is 2.43. The van der Waals surface area contributed by atoms with Gasteiger partial charge in [0.2, 0.25) is 0 Å². The SMILES string of the molecule is CCCN(C)c1ccc(-c2ccc(C(C)C)cc2)cc1. The molecule has 0 N–H and O–H groups in total. The van der Waals surface area contributed by atoms with Crippen LogP contribution in [0.1, 0.15) is 38.7 Å². The molecule has 0 unspecified atom stereocenters. The van der Waals surface area contributed by atoms with E-state index in [1.54, 1.807) is 0 Å². The van der Waals surface area contributed by atoms with E-state index in [2.05, 4.69) is 81.2 Å². The smallest absolute Gasteiger partial charge is 0.0364 e. The molecule has 0 amide bonds. The molecule has 0 aliphatic heterocycles. The third kappa shape index (κ3) is 3.41. The molecule has 0 heterocycles. The predicted octanol–water partition coefficient (Wildman–Crippen LogP) is 5.32. The van der Waals surface area contributed by atoms with Crippen molar-refractivity contribution < 1.29 is 0 Å². The van der Waals surface area contributed by atoms with Crippen LogP contribution in [0.3, 0.4) is 0 Å². The molecule has 0 atom stereocenters. The Kier molecular flexibility index (Phi) is 4.84. The number of anilines is 1. The van der Waals surface area contributed by atoms with Crippen molar-refractivity contribution in [3.05, 3.63) is 54.1 Å². The van der Waals surface area contributed by atoms with Gasteiger partial charge in [-0.1, -0.05) is 57.2 Å². The molecule has 2 aromatic rings. The molecule has 0 saturated carbocycles. The third-order valence-electron chi connectivity index (χ3n) is 3.78. The van der Waals surface area contributed by atoms with E-state index in [4.69, 9.17) is 0 Å². The van der Waals surface area contributed by atoms with Crippen molar-refractivity contribution in [2.45, 2.75) is 33.1 Å². The number of hydrogen-bond acceptors (Lipinski definition) is 1. The molecule has 0 aliphatic carbocycles. The summed E-state index contributed by atoms with van der Waals surface area (Å²) >= 11 is 0. The van der Waals surface area contributed by atoms with E-state index < -0.39 is 0 Å². The highest BCUT2D eigenvalue weighted by Crippen LogP contribution is 2.25. The molecule has 1 heteroatoms. The van der Waals surface area contributed by atoms with Crippen molar-refractivity contribution in [2.24, 2.45) is 0 Å². The second-order valence-electron chi connectivity index (χ2n) is 5.75. The van der Waals surface area contributed by atoms with Crippen molar-refractivity contribution in [2.75, 3.05) is 18.5 Å². The molecule has 106 valence electrons. The van der Waals surface area contributed by atoms with Gasteiger partial charge in [0.15, 0.2) is 0 Å². The number of nitrogens with zero attached hydrogens (tertiary/aromatic N) is 1. The second-order valence-corrected chi connectivity index (χ2v) is 5.75. The quantitative estimate of drug-likeness (QED) is 0.708. The summed E-state index contributed by atoms with van der Waals surface area (Å²) in [7, 11) is 2.15. The Hall–Kier alpha value is -1.76. The van der Waals surface area contributed by atoms with E-state index in [0.29, 0.717) is 5.92 Å². The topological polar surface area (TPSA) is 3.24 Å². The summed E-state index contributed by atoms with van der Waals surface area (Å²) in [5.74, 6) is 0.592. The number of hydrogen-bond donors (Lipinski definition) is 0. The molecule has 20 heavy (non-hydrogen) atoms. The zero-order chi connectivity index (χ0) is 14.5. The van der Waals surface area contributed by atoms with Crippen LogP contribution in [0.15, 0.2) is 48.5 Å².